The summed E-state index contributed by atoms with van der Waals surface area (Å²) in [4.78, 5) is 14.6. The standard InChI is InChI=1S/C17H20ClN3O/c1-12(2)21(15-7-8-15)17(22)14-9-19-20(11-14)10-13-5-3-4-6-16(13)18/h3-6,9,11-12,15H,7-8,10H2,1-2H3. The number of hydrogen-bond acceptors (Lipinski definition) is 2. The molecule has 0 atom stereocenters. The molecule has 1 aromatic carbocycles. The first-order valence-corrected chi connectivity index (χ1v) is 8.02. The molecule has 1 saturated carbocycles. The van der Waals surface area contributed by atoms with Crippen LogP contribution >= 0.6 is 11.6 Å². The summed E-state index contributed by atoms with van der Waals surface area (Å²) in [5, 5.41) is 5.02. The SMILES string of the molecule is CC(C)N(C(=O)c1cnn(Cc2ccccc2Cl)c1)C1CC1. The van der Waals surface area contributed by atoms with Crippen molar-refractivity contribution in [2.45, 2.75) is 45.3 Å². The molecule has 1 aliphatic rings. The Morgan fingerprint density at radius 1 is 1.41 bits per heavy atom. The molecule has 1 amide bonds. The number of amides is 1. The number of carbonyl (C=O) groups is 1. The van der Waals surface area contributed by atoms with E-state index in [2.05, 4.69) is 18.9 Å². The first kappa shape index (κ1) is 15.1. The highest BCUT2D eigenvalue weighted by atomic mass is 35.5. The van der Waals surface area contributed by atoms with Gasteiger partial charge in [0.25, 0.3) is 5.91 Å². The van der Waals surface area contributed by atoms with Gasteiger partial charge in [0.2, 0.25) is 0 Å². The molecule has 0 saturated heterocycles. The first-order valence-electron chi connectivity index (χ1n) is 7.65. The van der Waals surface area contributed by atoms with Gasteiger partial charge in [0.05, 0.1) is 18.3 Å². The minimum atomic E-state index is 0.0721. The van der Waals surface area contributed by atoms with Gasteiger partial charge in [-0.05, 0) is 38.3 Å². The van der Waals surface area contributed by atoms with Crippen LogP contribution in [-0.2, 0) is 6.54 Å². The van der Waals surface area contributed by atoms with Gasteiger partial charge in [-0.3, -0.25) is 9.48 Å². The van der Waals surface area contributed by atoms with Crippen molar-refractivity contribution in [3.63, 3.8) is 0 Å². The van der Waals surface area contributed by atoms with Crippen LogP contribution in [0.2, 0.25) is 5.02 Å². The van der Waals surface area contributed by atoms with Gasteiger partial charge in [-0.1, -0.05) is 29.8 Å². The number of nitrogens with zero attached hydrogens (tertiary/aromatic N) is 3. The second-order valence-electron chi connectivity index (χ2n) is 6.06. The predicted octanol–water partition coefficient (Wildman–Crippen LogP) is 3.60. The van der Waals surface area contributed by atoms with Crippen molar-refractivity contribution >= 4 is 17.5 Å². The van der Waals surface area contributed by atoms with Gasteiger partial charge < -0.3 is 4.90 Å². The van der Waals surface area contributed by atoms with E-state index >= 15 is 0 Å². The van der Waals surface area contributed by atoms with Crippen molar-refractivity contribution < 1.29 is 4.79 Å². The summed E-state index contributed by atoms with van der Waals surface area (Å²) in [5.74, 6) is 0.0721. The van der Waals surface area contributed by atoms with Crippen LogP contribution in [0.3, 0.4) is 0 Å². The van der Waals surface area contributed by atoms with Crippen LogP contribution in [0, 0.1) is 0 Å². The van der Waals surface area contributed by atoms with E-state index in [0.717, 1.165) is 18.4 Å². The smallest absolute Gasteiger partial charge is 0.257 e. The lowest BCUT2D eigenvalue weighted by molar-refractivity contribution is 0.0690. The quantitative estimate of drug-likeness (QED) is 0.845. The molecule has 0 unspecified atom stereocenters. The van der Waals surface area contributed by atoms with Crippen LogP contribution in [0.1, 0.15) is 42.6 Å². The van der Waals surface area contributed by atoms with E-state index in [1.165, 1.54) is 0 Å². The lowest BCUT2D eigenvalue weighted by Crippen LogP contribution is -2.38. The Balaban J connectivity index is 1.76. The Hall–Kier alpha value is -1.81. The fourth-order valence-electron chi connectivity index (χ4n) is 2.69. The highest BCUT2D eigenvalue weighted by Gasteiger charge is 2.35. The maximum absolute atomic E-state index is 12.6. The molecule has 116 valence electrons. The van der Waals surface area contributed by atoms with Gasteiger partial charge in [0, 0.05) is 23.3 Å². The molecule has 0 bridgehead atoms. The van der Waals surface area contributed by atoms with Gasteiger partial charge in [0.15, 0.2) is 0 Å². The number of aromatic nitrogens is 2. The van der Waals surface area contributed by atoms with Gasteiger partial charge in [-0.2, -0.15) is 5.10 Å². The van der Waals surface area contributed by atoms with Gasteiger partial charge in [-0.25, -0.2) is 0 Å². The van der Waals surface area contributed by atoms with Crippen LogP contribution < -0.4 is 0 Å². The lowest BCUT2D eigenvalue weighted by atomic mass is 10.2. The van der Waals surface area contributed by atoms with Crippen molar-refractivity contribution in [2.24, 2.45) is 0 Å². The Kier molecular flexibility index (Phi) is 4.21. The summed E-state index contributed by atoms with van der Waals surface area (Å²) >= 11 is 6.17. The van der Waals surface area contributed by atoms with Crippen molar-refractivity contribution in [1.82, 2.24) is 14.7 Å². The Bertz CT molecular complexity index is 674. The van der Waals surface area contributed by atoms with Crippen molar-refractivity contribution in [3.05, 3.63) is 52.8 Å². The average molecular weight is 318 g/mol. The van der Waals surface area contributed by atoms with Gasteiger partial charge in [-0.15, -0.1) is 0 Å². The van der Waals surface area contributed by atoms with Gasteiger partial charge >= 0.3 is 0 Å². The highest BCUT2D eigenvalue weighted by Crippen LogP contribution is 2.30. The molecule has 1 fully saturated rings. The molecule has 4 nitrogen and oxygen atoms in total. The van der Waals surface area contributed by atoms with E-state index < -0.39 is 0 Å². The van der Waals surface area contributed by atoms with E-state index in [1.54, 1.807) is 10.9 Å². The van der Waals surface area contributed by atoms with Crippen molar-refractivity contribution in [2.75, 3.05) is 0 Å². The summed E-state index contributed by atoms with van der Waals surface area (Å²) < 4.78 is 1.76. The number of carbonyl (C=O) groups excluding carboxylic acids is 1. The van der Waals surface area contributed by atoms with Crippen LogP contribution in [-0.4, -0.2) is 32.7 Å². The summed E-state index contributed by atoms with van der Waals surface area (Å²) in [6.07, 6.45) is 5.68. The lowest BCUT2D eigenvalue weighted by Gasteiger charge is -2.26. The molecule has 1 heterocycles. The van der Waals surface area contributed by atoms with Crippen LogP contribution in [0.25, 0.3) is 0 Å². The van der Waals surface area contributed by atoms with Crippen molar-refractivity contribution in [1.29, 1.82) is 0 Å². The molecule has 1 aromatic heterocycles. The molecule has 1 aliphatic carbocycles. The zero-order valence-electron chi connectivity index (χ0n) is 12.9. The zero-order valence-corrected chi connectivity index (χ0v) is 13.6. The molecule has 0 spiro atoms. The predicted molar refractivity (Wildman–Crippen MR) is 87.1 cm³/mol. The molecular weight excluding hydrogens is 298 g/mol. The minimum Gasteiger partial charge on any atom is -0.333 e. The molecular formula is C17H20ClN3O. The molecule has 2 aromatic rings. The van der Waals surface area contributed by atoms with E-state index in [1.807, 2.05) is 35.4 Å². The topological polar surface area (TPSA) is 38.1 Å². The number of rotatable bonds is 5. The van der Waals surface area contributed by atoms with E-state index in [-0.39, 0.29) is 11.9 Å². The normalized spacial score (nSPS) is 14.4. The molecule has 0 aliphatic heterocycles. The first-order chi connectivity index (χ1) is 10.6. The second-order valence-corrected chi connectivity index (χ2v) is 6.46. The molecule has 3 rings (SSSR count). The Morgan fingerprint density at radius 2 is 2.14 bits per heavy atom. The molecule has 22 heavy (non-hydrogen) atoms. The van der Waals surface area contributed by atoms with Crippen LogP contribution in [0.15, 0.2) is 36.7 Å². The largest absolute Gasteiger partial charge is 0.333 e. The van der Waals surface area contributed by atoms with Crippen LogP contribution in [0.4, 0.5) is 0 Å². The monoisotopic (exact) mass is 317 g/mol. The number of halogens is 1. The number of benzene rings is 1. The second kappa shape index (κ2) is 6.13. The average Bonchev–Trinajstić information content (AvgIpc) is 3.19. The summed E-state index contributed by atoms with van der Waals surface area (Å²) in [7, 11) is 0. The summed E-state index contributed by atoms with van der Waals surface area (Å²) in [5.41, 5.74) is 1.64. The zero-order chi connectivity index (χ0) is 15.7. The van der Waals surface area contributed by atoms with E-state index in [9.17, 15) is 4.79 Å². The third kappa shape index (κ3) is 3.17. The summed E-state index contributed by atoms with van der Waals surface area (Å²) in [6, 6.07) is 8.30. The minimum absolute atomic E-state index is 0.0721. The molecule has 0 radical (unpaired) electrons. The summed E-state index contributed by atoms with van der Waals surface area (Å²) in [6.45, 7) is 4.69. The highest BCUT2D eigenvalue weighted by molar-refractivity contribution is 6.31. The van der Waals surface area contributed by atoms with E-state index in [0.29, 0.717) is 23.2 Å². The maximum Gasteiger partial charge on any atom is 0.257 e. The molecule has 0 N–H and O–H groups in total. The number of hydrogen-bond donors (Lipinski definition) is 0. The fraction of sp³-hybridized carbons (Fsp3) is 0.412. The molecule has 5 heteroatoms. The third-order valence-electron chi connectivity index (χ3n) is 3.90. The van der Waals surface area contributed by atoms with Crippen LogP contribution in [0.5, 0.6) is 0 Å². The van der Waals surface area contributed by atoms with E-state index in [4.69, 9.17) is 11.6 Å². The fourth-order valence-corrected chi connectivity index (χ4v) is 2.88. The van der Waals surface area contributed by atoms with Gasteiger partial charge in [0.1, 0.15) is 0 Å². The Labute approximate surface area is 135 Å². The Morgan fingerprint density at radius 3 is 2.77 bits per heavy atom. The maximum atomic E-state index is 12.6. The third-order valence-corrected chi connectivity index (χ3v) is 4.27. The van der Waals surface area contributed by atoms with Crippen molar-refractivity contribution in [3.8, 4) is 0 Å².